The van der Waals surface area contributed by atoms with Crippen molar-refractivity contribution in [3.8, 4) is 11.4 Å². The van der Waals surface area contributed by atoms with E-state index in [0.29, 0.717) is 22.1 Å². The van der Waals surface area contributed by atoms with Gasteiger partial charge in [-0.3, -0.25) is 4.79 Å². The maximum Gasteiger partial charge on any atom is 0.255 e. The minimum Gasteiger partial charge on any atom is -0.322 e. The van der Waals surface area contributed by atoms with Gasteiger partial charge in [-0.2, -0.15) is 0 Å². The van der Waals surface area contributed by atoms with Crippen LogP contribution in [-0.2, 0) is 0 Å². The van der Waals surface area contributed by atoms with Gasteiger partial charge >= 0.3 is 0 Å². The summed E-state index contributed by atoms with van der Waals surface area (Å²) in [6.45, 7) is 3.99. The van der Waals surface area contributed by atoms with Gasteiger partial charge in [0.15, 0.2) is 5.82 Å². The number of hydrogen-bond donors (Lipinski definition) is 1. The van der Waals surface area contributed by atoms with E-state index in [2.05, 4.69) is 20.8 Å². The normalized spacial score (nSPS) is 10.8. The van der Waals surface area contributed by atoms with Gasteiger partial charge in [0.25, 0.3) is 5.91 Å². The average molecular weight is 342 g/mol. The van der Waals surface area contributed by atoms with Gasteiger partial charge in [0.1, 0.15) is 0 Å². The number of halogens is 1. The molecule has 1 N–H and O–H groups in total. The number of benzene rings is 2. The highest BCUT2D eigenvalue weighted by Crippen LogP contribution is 2.21. The maximum atomic E-state index is 12.4. The minimum absolute atomic E-state index is 0.126. The highest BCUT2D eigenvalue weighted by molar-refractivity contribution is 6.30. The molecule has 1 aromatic heterocycles. The molecule has 3 rings (SSSR count). The zero-order valence-electron chi connectivity index (χ0n) is 13.3. The number of carbonyl (C=O) groups is 1. The molecule has 0 fully saturated rings. The molecule has 0 saturated carbocycles. The van der Waals surface area contributed by atoms with Gasteiger partial charge in [-0.1, -0.05) is 23.7 Å². The summed E-state index contributed by atoms with van der Waals surface area (Å²) in [6.07, 6.45) is 0. The second-order valence-corrected chi connectivity index (χ2v) is 6.02. The summed E-state index contributed by atoms with van der Waals surface area (Å²) in [7, 11) is 0. The summed E-state index contributed by atoms with van der Waals surface area (Å²) in [5.41, 5.74) is 2.00. The minimum atomic E-state index is -0.206. The molecule has 2 aromatic carbocycles. The molecule has 0 radical (unpaired) electrons. The largest absolute Gasteiger partial charge is 0.322 e. The second kappa shape index (κ2) is 6.80. The van der Waals surface area contributed by atoms with E-state index in [4.69, 9.17) is 11.6 Å². The van der Waals surface area contributed by atoms with Crippen LogP contribution in [0.3, 0.4) is 0 Å². The van der Waals surface area contributed by atoms with E-state index in [0.717, 1.165) is 5.56 Å². The lowest BCUT2D eigenvalue weighted by atomic mass is 10.1. The fourth-order valence-electron chi connectivity index (χ4n) is 2.27. The van der Waals surface area contributed by atoms with Crippen LogP contribution in [0.15, 0.2) is 48.5 Å². The lowest BCUT2D eigenvalue weighted by Crippen LogP contribution is -2.12. The Labute approximate surface area is 144 Å². The Morgan fingerprint density at radius 3 is 2.62 bits per heavy atom. The van der Waals surface area contributed by atoms with Gasteiger partial charge in [-0.15, -0.1) is 5.10 Å². The SMILES string of the molecule is CC(C)n1nnnc1-c1cccc(C(=O)Nc2ccc(Cl)cc2)c1. The summed E-state index contributed by atoms with van der Waals surface area (Å²) >= 11 is 5.85. The summed E-state index contributed by atoms with van der Waals surface area (Å²) in [6, 6.07) is 14.3. The van der Waals surface area contributed by atoms with Crippen LogP contribution in [0.1, 0.15) is 30.2 Å². The monoisotopic (exact) mass is 341 g/mol. The van der Waals surface area contributed by atoms with Gasteiger partial charge in [0.2, 0.25) is 0 Å². The zero-order valence-corrected chi connectivity index (χ0v) is 14.0. The highest BCUT2D eigenvalue weighted by atomic mass is 35.5. The number of hydrogen-bond acceptors (Lipinski definition) is 4. The molecule has 0 saturated heterocycles. The van der Waals surface area contributed by atoms with E-state index >= 15 is 0 Å². The number of nitrogens with zero attached hydrogens (tertiary/aromatic N) is 4. The lowest BCUT2D eigenvalue weighted by molar-refractivity contribution is 0.102. The zero-order chi connectivity index (χ0) is 17.1. The number of rotatable bonds is 4. The Balaban J connectivity index is 1.86. The molecule has 122 valence electrons. The first-order valence-electron chi connectivity index (χ1n) is 7.50. The van der Waals surface area contributed by atoms with Gasteiger partial charge in [0.05, 0.1) is 6.04 Å². The third-order valence-electron chi connectivity index (χ3n) is 3.47. The van der Waals surface area contributed by atoms with E-state index in [1.165, 1.54) is 0 Å². The van der Waals surface area contributed by atoms with Crippen molar-refractivity contribution in [3.05, 3.63) is 59.1 Å². The molecule has 24 heavy (non-hydrogen) atoms. The number of anilines is 1. The van der Waals surface area contributed by atoms with Crippen molar-refractivity contribution >= 4 is 23.2 Å². The van der Waals surface area contributed by atoms with E-state index < -0.39 is 0 Å². The van der Waals surface area contributed by atoms with Crippen LogP contribution >= 0.6 is 11.6 Å². The number of tetrazole rings is 1. The molecule has 1 heterocycles. The molecule has 3 aromatic rings. The van der Waals surface area contributed by atoms with E-state index in [9.17, 15) is 4.79 Å². The molecular formula is C17H16ClN5O. The van der Waals surface area contributed by atoms with Crippen molar-refractivity contribution in [2.75, 3.05) is 5.32 Å². The molecule has 0 spiro atoms. The Morgan fingerprint density at radius 1 is 1.17 bits per heavy atom. The second-order valence-electron chi connectivity index (χ2n) is 5.58. The Morgan fingerprint density at radius 2 is 1.92 bits per heavy atom. The Hall–Kier alpha value is -2.73. The topological polar surface area (TPSA) is 72.7 Å². The Kier molecular flexibility index (Phi) is 4.57. The standard InChI is InChI=1S/C17H16ClN5O/c1-11(2)23-16(20-21-22-23)12-4-3-5-13(10-12)17(24)19-15-8-6-14(18)7-9-15/h3-11H,1-2H3,(H,19,24). The molecule has 0 aliphatic rings. The highest BCUT2D eigenvalue weighted by Gasteiger charge is 2.14. The van der Waals surface area contributed by atoms with E-state index in [1.807, 2.05) is 26.0 Å². The van der Waals surface area contributed by atoms with Crippen LogP contribution < -0.4 is 5.32 Å². The summed E-state index contributed by atoms with van der Waals surface area (Å²) < 4.78 is 1.72. The van der Waals surface area contributed by atoms with Crippen LogP contribution in [0.4, 0.5) is 5.69 Å². The third-order valence-corrected chi connectivity index (χ3v) is 3.72. The third kappa shape index (κ3) is 3.44. The van der Waals surface area contributed by atoms with E-state index in [-0.39, 0.29) is 11.9 Å². The molecule has 0 atom stereocenters. The van der Waals surface area contributed by atoms with E-state index in [1.54, 1.807) is 41.1 Å². The van der Waals surface area contributed by atoms with Crippen molar-refractivity contribution in [1.82, 2.24) is 20.2 Å². The Bertz CT molecular complexity index is 857. The van der Waals surface area contributed by atoms with Crippen LogP contribution in [0.5, 0.6) is 0 Å². The number of amides is 1. The van der Waals surface area contributed by atoms with Gasteiger partial charge in [-0.25, -0.2) is 4.68 Å². The maximum absolute atomic E-state index is 12.4. The molecule has 0 unspecified atom stereocenters. The van der Waals surface area contributed by atoms with Crippen molar-refractivity contribution in [3.63, 3.8) is 0 Å². The quantitative estimate of drug-likeness (QED) is 0.782. The molecule has 0 aliphatic heterocycles. The number of nitrogens with one attached hydrogen (secondary N) is 1. The molecule has 7 heteroatoms. The van der Waals surface area contributed by atoms with Crippen LogP contribution in [0.2, 0.25) is 5.02 Å². The van der Waals surface area contributed by atoms with Crippen molar-refractivity contribution < 1.29 is 4.79 Å². The molecular weight excluding hydrogens is 326 g/mol. The molecule has 0 aliphatic carbocycles. The van der Waals surface area contributed by atoms with Crippen LogP contribution in [0.25, 0.3) is 11.4 Å². The smallest absolute Gasteiger partial charge is 0.255 e. The first-order valence-corrected chi connectivity index (χ1v) is 7.87. The van der Waals surface area contributed by atoms with Gasteiger partial charge < -0.3 is 5.32 Å². The predicted octanol–water partition coefficient (Wildman–Crippen LogP) is 3.83. The summed E-state index contributed by atoms with van der Waals surface area (Å²) in [5.74, 6) is 0.425. The van der Waals surface area contributed by atoms with Gasteiger partial charge in [-0.05, 0) is 60.7 Å². The van der Waals surface area contributed by atoms with Crippen LogP contribution in [-0.4, -0.2) is 26.1 Å². The predicted molar refractivity (Wildman–Crippen MR) is 93.0 cm³/mol. The molecule has 0 bridgehead atoms. The van der Waals surface area contributed by atoms with Gasteiger partial charge in [0, 0.05) is 21.8 Å². The van der Waals surface area contributed by atoms with Crippen molar-refractivity contribution in [1.29, 1.82) is 0 Å². The first kappa shape index (κ1) is 16.1. The summed E-state index contributed by atoms with van der Waals surface area (Å²) in [4.78, 5) is 12.4. The lowest BCUT2D eigenvalue weighted by Gasteiger charge is -2.09. The number of carbonyl (C=O) groups excluding carboxylic acids is 1. The fourth-order valence-corrected chi connectivity index (χ4v) is 2.39. The fraction of sp³-hybridized carbons (Fsp3) is 0.176. The van der Waals surface area contributed by atoms with Crippen molar-refractivity contribution in [2.24, 2.45) is 0 Å². The molecule has 6 nitrogen and oxygen atoms in total. The molecule has 1 amide bonds. The average Bonchev–Trinajstić information content (AvgIpc) is 3.07. The first-order chi connectivity index (χ1) is 11.5. The number of aromatic nitrogens is 4. The van der Waals surface area contributed by atoms with Crippen molar-refractivity contribution in [2.45, 2.75) is 19.9 Å². The summed E-state index contributed by atoms with van der Waals surface area (Å²) in [5, 5.41) is 15.2. The van der Waals surface area contributed by atoms with Crippen LogP contribution in [0, 0.1) is 0 Å².